The van der Waals surface area contributed by atoms with Crippen molar-refractivity contribution >= 4 is 35.3 Å². The Kier molecular flexibility index (Phi) is 5.82. The molecule has 4 aromatic carbocycles. The highest BCUT2D eigenvalue weighted by molar-refractivity contribution is 8.00. The van der Waals surface area contributed by atoms with Crippen molar-refractivity contribution < 1.29 is 0 Å². The fraction of sp³-hybridized carbons (Fsp3) is 0.222. The first-order chi connectivity index (χ1) is 18.6. The average Bonchev–Trinajstić information content (AvgIpc) is 3.44. The van der Waals surface area contributed by atoms with Crippen molar-refractivity contribution in [1.29, 1.82) is 0 Å². The number of para-hydroxylation sites is 1. The second-order valence-corrected chi connectivity index (χ2v) is 12.2. The summed E-state index contributed by atoms with van der Waals surface area (Å²) in [6.45, 7) is 7.01. The molecule has 0 radical (unpaired) electrons. The number of rotatable bonds is 4. The van der Waals surface area contributed by atoms with E-state index < -0.39 is 0 Å². The van der Waals surface area contributed by atoms with Crippen LogP contribution in [-0.4, -0.2) is 6.04 Å². The van der Waals surface area contributed by atoms with Crippen molar-refractivity contribution in [1.82, 2.24) is 0 Å². The van der Waals surface area contributed by atoms with Crippen LogP contribution < -0.4 is 4.90 Å². The van der Waals surface area contributed by atoms with Gasteiger partial charge in [0.2, 0.25) is 0 Å². The molecule has 1 aliphatic heterocycles. The number of hydrogen-bond acceptors (Lipinski definition) is 2. The van der Waals surface area contributed by atoms with Crippen LogP contribution in [-0.2, 0) is 6.42 Å². The molecule has 2 aliphatic carbocycles. The summed E-state index contributed by atoms with van der Waals surface area (Å²) in [7, 11) is 0. The summed E-state index contributed by atoms with van der Waals surface area (Å²) in [5.74, 6) is 0. The number of hydrogen-bond donors (Lipinski definition) is 0. The van der Waals surface area contributed by atoms with Crippen molar-refractivity contribution in [3.8, 4) is 11.1 Å². The Morgan fingerprint density at radius 3 is 2.08 bits per heavy atom. The third-order valence-electron chi connectivity index (χ3n) is 8.53. The van der Waals surface area contributed by atoms with Gasteiger partial charge in [0.25, 0.3) is 0 Å². The lowest BCUT2D eigenvalue weighted by Gasteiger charge is -2.38. The van der Waals surface area contributed by atoms with E-state index in [1.807, 2.05) is 0 Å². The Morgan fingerprint density at radius 1 is 0.658 bits per heavy atom. The fourth-order valence-corrected chi connectivity index (χ4v) is 8.20. The van der Waals surface area contributed by atoms with Gasteiger partial charge >= 0.3 is 0 Å². The Balaban J connectivity index is 1.25. The van der Waals surface area contributed by atoms with Gasteiger partial charge in [-0.25, -0.2) is 0 Å². The summed E-state index contributed by atoms with van der Waals surface area (Å²) in [5.41, 5.74) is 15.4. The minimum atomic E-state index is 0.361. The zero-order valence-corrected chi connectivity index (χ0v) is 23.1. The topological polar surface area (TPSA) is 3.24 Å². The quantitative estimate of drug-likeness (QED) is 0.268. The molecule has 0 aromatic heterocycles. The summed E-state index contributed by atoms with van der Waals surface area (Å²) in [6.07, 6.45) is 7.23. The molecule has 3 aliphatic rings. The van der Waals surface area contributed by atoms with Crippen LogP contribution in [0.3, 0.4) is 0 Å². The number of anilines is 2. The molecule has 4 aromatic rings. The molecule has 0 spiro atoms. The standard InChI is InChI=1S/C36H33NS/c1-23-21-31-28(26-11-5-4-6-12-26)14-9-15-29(31)35(23)38-36-24(2)22-32-30(36)16-10-18-34(32)37-25(3)19-20-27-13-7-8-17-33(27)37/h4-18,21-22,25,35-36H,19-20H2,1-3H3. The van der Waals surface area contributed by atoms with Crippen molar-refractivity contribution in [2.45, 2.75) is 50.2 Å². The van der Waals surface area contributed by atoms with E-state index in [0.29, 0.717) is 16.5 Å². The van der Waals surface area contributed by atoms with Crippen LogP contribution in [0.25, 0.3) is 23.3 Å². The van der Waals surface area contributed by atoms with E-state index in [0.717, 1.165) is 6.42 Å². The van der Waals surface area contributed by atoms with Gasteiger partial charge in [-0.15, -0.1) is 11.8 Å². The first kappa shape index (κ1) is 23.6. The van der Waals surface area contributed by atoms with Gasteiger partial charge in [0.05, 0.1) is 10.5 Å². The smallest absolute Gasteiger partial charge is 0.0523 e. The van der Waals surface area contributed by atoms with Gasteiger partial charge in [-0.2, -0.15) is 0 Å². The van der Waals surface area contributed by atoms with E-state index in [9.17, 15) is 0 Å². The Morgan fingerprint density at radius 2 is 1.29 bits per heavy atom. The van der Waals surface area contributed by atoms with Gasteiger partial charge in [0.1, 0.15) is 0 Å². The van der Waals surface area contributed by atoms with Gasteiger partial charge < -0.3 is 4.90 Å². The molecule has 0 amide bonds. The molecule has 0 fully saturated rings. The molecule has 7 rings (SSSR count). The van der Waals surface area contributed by atoms with Gasteiger partial charge in [-0.1, -0.05) is 102 Å². The number of thioether (sulfide) groups is 1. The SMILES string of the molecule is CC1=Cc2c(-c3ccccc3)cccc2C1SC1C(C)=Cc2c1cccc2N1c2ccccc2CCC1C. The molecule has 2 heteroatoms. The molecular formula is C36H33NS. The maximum Gasteiger partial charge on any atom is 0.0523 e. The second-order valence-electron chi connectivity index (χ2n) is 11.0. The highest BCUT2D eigenvalue weighted by atomic mass is 32.2. The van der Waals surface area contributed by atoms with Crippen LogP contribution in [0.15, 0.2) is 102 Å². The zero-order valence-electron chi connectivity index (χ0n) is 22.3. The Bertz CT molecular complexity index is 1600. The molecule has 1 heterocycles. The van der Waals surface area contributed by atoms with Crippen LogP contribution in [0.2, 0.25) is 0 Å². The van der Waals surface area contributed by atoms with Crippen LogP contribution >= 0.6 is 11.8 Å². The predicted molar refractivity (Wildman–Crippen MR) is 165 cm³/mol. The Hall–Kier alpha value is -3.49. The fourth-order valence-electron chi connectivity index (χ4n) is 6.66. The molecule has 1 nitrogen and oxygen atoms in total. The highest BCUT2D eigenvalue weighted by Gasteiger charge is 2.34. The lowest BCUT2D eigenvalue weighted by Crippen LogP contribution is -2.33. The van der Waals surface area contributed by atoms with E-state index in [-0.39, 0.29) is 0 Å². The molecule has 38 heavy (non-hydrogen) atoms. The average molecular weight is 512 g/mol. The molecule has 188 valence electrons. The number of benzene rings is 4. The van der Waals surface area contributed by atoms with Crippen molar-refractivity contribution in [2.75, 3.05) is 4.90 Å². The molecule has 0 N–H and O–H groups in total. The van der Waals surface area contributed by atoms with Crippen molar-refractivity contribution in [3.05, 3.63) is 130 Å². The maximum atomic E-state index is 2.59. The van der Waals surface area contributed by atoms with Crippen molar-refractivity contribution in [3.63, 3.8) is 0 Å². The van der Waals surface area contributed by atoms with Gasteiger partial charge in [-0.05, 0) is 79.1 Å². The van der Waals surface area contributed by atoms with Gasteiger partial charge in [-0.3, -0.25) is 0 Å². The molecule has 0 bridgehead atoms. The monoisotopic (exact) mass is 511 g/mol. The number of aryl methyl sites for hydroxylation is 1. The lowest BCUT2D eigenvalue weighted by atomic mass is 9.94. The molecule has 3 unspecified atom stereocenters. The van der Waals surface area contributed by atoms with Crippen molar-refractivity contribution in [2.24, 2.45) is 0 Å². The van der Waals surface area contributed by atoms with E-state index in [1.54, 1.807) is 0 Å². The summed E-state index contributed by atoms with van der Waals surface area (Å²) in [4.78, 5) is 2.59. The molecule has 0 saturated carbocycles. The van der Waals surface area contributed by atoms with E-state index in [4.69, 9.17) is 0 Å². The number of fused-ring (bicyclic) bond motifs is 3. The first-order valence-corrected chi connectivity index (χ1v) is 14.7. The largest absolute Gasteiger partial charge is 0.338 e. The molecular weight excluding hydrogens is 478 g/mol. The third kappa shape index (κ3) is 3.77. The first-order valence-electron chi connectivity index (χ1n) is 13.8. The van der Waals surface area contributed by atoms with Crippen LogP contribution in [0, 0.1) is 0 Å². The molecule has 0 saturated heterocycles. The minimum Gasteiger partial charge on any atom is -0.338 e. The number of nitrogens with zero attached hydrogens (tertiary/aromatic N) is 1. The lowest BCUT2D eigenvalue weighted by molar-refractivity contribution is 0.618. The highest BCUT2D eigenvalue weighted by Crippen LogP contribution is 2.57. The zero-order chi connectivity index (χ0) is 25.8. The van der Waals surface area contributed by atoms with Crippen LogP contribution in [0.1, 0.15) is 65.5 Å². The predicted octanol–water partition coefficient (Wildman–Crippen LogP) is 10.2. The summed E-state index contributed by atoms with van der Waals surface area (Å²) < 4.78 is 0. The van der Waals surface area contributed by atoms with E-state index in [2.05, 4.69) is 141 Å². The summed E-state index contributed by atoms with van der Waals surface area (Å²) in [5, 5.41) is 0.728. The van der Waals surface area contributed by atoms with Crippen LogP contribution in [0.5, 0.6) is 0 Å². The summed E-state index contributed by atoms with van der Waals surface area (Å²) in [6, 6.07) is 34.1. The molecule has 3 atom stereocenters. The van der Waals surface area contributed by atoms with E-state index in [1.165, 1.54) is 67.9 Å². The third-order valence-corrected chi connectivity index (χ3v) is 10.3. The van der Waals surface area contributed by atoms with Crippen LogP contribution in [0.4, 0.5) is 11.4 Å². The van der Waals surface area contributed by atoms with Gasteiger partial charge in [0, 0.05) is 23.0 Å². The van der Waals surface area contributed by atoms with E-state index >= 15 is 0 Å². The maximum absolute atomic E-state index is 2.59. The minimum absolute atomic E-state index is 0.361. The summed E-state index contributed by atoms with van der Waals surface area (Å²) >= 11 is 2.11. The second kappa shape index (κ2) is 9.36. The van der Waals surface area contributed by atoms with Gasteiger partial charge in [0.15, 0.2) is 0 Å². The normalized spacial score (nSPS) is 21.4. The Labute approximate surface area is 230 Å².